The molecule has 2 fully saturated rings. The quantitative estimate of drug-likeness (QED) is 0.304. The van der Waals surface area contributed by atoms with Crippen molar-refractivity contribution in [3.05, 3.63) is 46.5 Å². The van der Waals surface area contributed by atoms with Crippen LogP contribution < -0.4 is 20.1 Å². The van der Waals surface area contributed by atoms with Gasteiger partial charge in [-0.05, 0) is 57.7 Å². The summed E-state index contributed by atoms with van der Waals surface area (Å²) in [5.74, 6) is 0.847. The van der Waals surface area contributed by atoms with Crippen molar-refractivity contribution in [2.24, 2.45) is 0 Å². The van der Waals surface area contributed by atoms with Crippen LogP contribution in [0.25, 0.3) is 10.9 Å². The molecule has 3 aromatic rings. The predicted molar refractivity (Wildman–Crippen MR) is 139 cm³/mol. The van der Waals surface area contributed by atoms with E-state index in [-0.39, 0.29) is 21.8 Å². The molecule has 36 heavy (non-hydrogen) atoms. The number of benzene rings is 2. The van der Waals surface area contributed by atoms with Crippen LogP contribution in [0.1, 0.15) is 46.0 Å². The van der Waals surface area contributed by atoms with Crippen molar-refractivity contribution < 1.29 is 19.0 Å². The summed E-state index contributed by atoms with van der Waals surface area (Å²) in [4.78, 5) is 8.73. The second kappa shape index (κ2) is 10.2. The van der Waals surface area contributed by atoms with Crippen molar-refractivity contribution in [2.45, 2.75) is 69.7 Å². The topological polar surface area (TPSA) is 88.5 Å². The molecule has 2 bridgehead atoms. The molecule has 0 unspecified atom stereocenters. The largest absolute Gasteiger partial charge is 0.490 e. The number of nitrogens with zero attached hydrogens (tertiary/aromatic N) is 2. The van der Waals surface area contributed by atoms with E-state index in [1.807, 2.05) is 6.07 Å². The number of piperidine rings is 1. The second-order valence-corrected chi connectivity index (χ2v) is 10.9. The van der Waals surface area contributed by atoms with E-state index in [4.69, 9.17) is 32.7 Å². The van der Waals surface area contributed by atoms with E-state index in [0.717, 1.165) is 25.7 Å². The molecule has 0 radical (unpaired) electrons. The molecule has 7 nitrogen and oxygen atoms in total. The van der Waals surface area contributed by atoms with E-state index in [0.29, 0.717) is 53.3 Å². The Hall–Kier alpha value is -2.39. The van der Waals surface area contributed by atoms with Gasteiger partial charge in [0, 0.05) is 30.0 Å². The van der Waals surface area contributed by atoms with E-state index in [2.05, 4.69) is 20.6 Å². The Balaban J connectivity index is 1.48. The van der Waals surface area contributed by atoms with E-state index in [1.54, 1.807) is 19.9 Å². The maximum absolute atomic E-state index is 14.7. The highest BCUT2D eigenvalue weighted by molar-refractivity contribution is 6.42. The first-order chi connectivity index (χ1) is 17.2. The van der Waals surface area contributed by atoms with Gasteiger partial charge in [-0.15, -0.1) is 0 Å². The van der Waals surface area contributed by atoms with Crippen molar-refractivity contribution in [1.82, 2.24) is 15.3 Å². The van der Waals surface area contributed by atoms with Crippen LogP contribution in [0, 0.1) is 5.82 Å². The minimum Gasteiger partial charge on any atom is -0.490 e. The number of nitrogens with one attached hydrogen (secondary N) is 2. The van der Waals surface area contributed by atoms with Crippen LogP contribution in [-0.2, 0) is 0 Å². The molecule has 3 N–H and O–H groups in total. The highest BCUT2D eigenvalue weighted by Crippen LogP contribution is 2.39. The van der Waals surface area contributed by atoms with Gasteiger partial charge in [-0.25, -0.2) is 14.4 Å². The van der Waals surface area contributed by atoms with Crippen molar-refractivity contribution in [3.63, 3.8) is 0 Å². The maximum atomic E-state index is 14.7. The van der Waals surface area contributed by atoms with Crippen molar-refractivity contribution in [3.8, 4) is 11.5 Å². The Bertz CT molecular complexity index is 1260. The zero-order chi connectivity index (χ0) is 25.4. The Labute approximate surface area is 219 Å². The minimum atomic E-state index is -0.852. The Morgan fingerprint density at radius 3 is 2.61 bits per heavy atom. The number of aromatic nitrogens is 2. The van der Waals surface area contributed by atoms with Crippen LogP contribution in [-0.4, -0.2) is 45.5 Å². The lowest BCUT2D eigenvalue weighted by Crippen LogP contribution is -2.42. The fraction of sp³-hybridized carbons (Fsp3) is 0.462. The highest BCUT2D eigenvalue weighted by atomic mass is 35.5. The van der Waals surface area contributed by atoms with Crippen LogP contribution in [0.2, 0.25) is 10.0 Å². The normalized spacial score (nSPS) is 21.6. The third-order valence-electron chi connectivity index (χ3n) is 6.68. The molecule has 0 amide bonds. The molecule has 0 aliphatic carbocycles. The first-order valence-electron chi connectivity index (χ1n) is 12.1. The average molecular weight is 535 g/mol. The number of fused-ring (bicyclic) bond motifs is 3. The zero-order valence-electron chi connectivity index (χ0n) is 20.2. The van der Waals surface area contributed by atoms with E-state index >= 15 is 0 Å². The lowest BCUT2D eigenvalue weighted by atomic mass is 10.0. The molecule has 2 aromatic carbocycles. The van der Waals surface area contributed by atoms with Crippen molar-refractivity contribution in [2.75, 3.05) is 11.9 Å². The van der Waals surface area contributed by atoms with Gasteiger partial charge in [0.15, 0.2) is 17.3 Å². The van der Waals surface area contributed by atoms with Gasteiger partial charge in [0.1, 0.15) is 18.2 Å². The molecule has 3 heterocycles. The second-order valence-electron chi connectivity index (χ2n) is 10.1. The Morgan fingerprint density at radius 2 is 1.89 bits per heavy atom. The van der Waals surface area contributed by atoms with Gasteiger partial charge in [0.05, 0.1) is 33.5 Å². The molecule has 2 aliphatic rings. The number of ether oxygens (including phenoxy) is 2. The summed E-state index contributed by atoms with van der Waals surface area (Å²) in [7, 11) is 0. The highest BCUT2D eigenvalue weighted by Gasteiger charge is 2.35. The van der Waals surface area contributed by atoms with E-state index in [9.17, 15) is 9.50 Å². The number of hydrogen-bond acceptors (Lipinski definition) is 7. The van der Waals surface area contributed by atoms with Gasteiger partial charge in [0.25, 0.3) is 0 Å². The van der Waals surface area contributed by atoms with Crippen LogP contribution in [0.15, 0.2) is 30.6 Å². The molecular weight excluding hydrogens is 506 g/mol. The lowest BCUT2D eigenvalue weighted by Gasteiger charge is -2.30. The Morgan fingerprint density at radius 1 is 1.14 bits per heavy atom. The van der Waals surface area contributed by atoms with E-state index in [1.165, 1.54) is 18.5 Å². The summed E-state index contributed by atoms with van der Waals surface area (Å²) in [6.07, 6.45) is 6.06. The third kappa shape index (κ3) is 5.62. The lowest BCUT2D eigenvalue weighted by molar-refractivity contribution is 0.0540. The molecule has 5 rings (SSSR count). The Kier molecular flexibility index (Phi) is 7.14. The molecule has 10 heteroatoms. The first kappa shape index (κ1) is 25.3. The summed E-state index contributed by atoms with van der Waals surface area (Å²) in [5.41, 5.74) is -0.105. The third-order valence-corrected chi connectivity index (χ3v) is 7.47. The number of rotatable bonds is 8. The smallest absolute Gasteiger partial charge is 0.166 e. The van der Waals surface area contributed by atoms with Crippen LogP contribution in [0.3, 0.4) is 0 Å². The monoisotopic (exact) mass is 534 g/mol. The summed E-state index contributed by atoms with van der Waals surface area (Å²) in [5, 5.41) is 17.4. The molecular formula is C26H29Cl2FN4O3. The first-order valence-corrected chi connectivity index (χ1v) is 12.9. The molecule has 0 spiro atoms. The van der Waals surface area contributed by atoms with Gasteiger partial charge in [0.2, 0.25) is 0 Å². The molecule has 2 aliphatic heterocycles. The SMILES string of the molecule is CC(C)(O)CCOc1cc2ncnc(Nc3ccc(Cl)c(Cl)c3F)c2cc1O[C@@H]1C[C@H]2CC[C@@H](C1)N2. The number of anilines is 2. The minimum absolute atomic E-state index is 0.0476. The fourth-order valence-corrected chi connectivity index (χ4v) is 5.12. The number of aliphatic hydroxyl groups is 1. The zero-order valence-corrected chi connectivity index (χ0v) is 21.7. The molecule has 192 valence electrons. The van der Waals surface area contributed by atoms with Crippen LogP contribution in [0.5, 0.6) is 11.5 Å². The summed E-state index contributed by atoms with van der Waals surface area (Å²) in [6.45, 7) is 3.80. The maximum Gasteiger partial charge on any atom is 0.166 e. The predicted octanol–water partition coefficient (Wildman–Crippen LogP) is 6.02. The van der Waals surface area contributed by atoms with Gasteiger partial charge in [-0.1, -0.05) is 23.2 Å². The van der Waals surface area contributed by atoms with Gasteiger partial charge in [-0.3, -0.25) is 0 Å². The van der Waals surface area contributed by atoms with E-state index < -0.39 is 11.4 Å². The van der Waals surface area contributed by atoms with Crippen LogP contribution in [0.4, 0.5) is 15.9 Å². The van der Waals surface area contributed by atoms with Crippen molar-refractivity contribution in [1.29, 1.82) is 0 Å². The molecule has 3 atom stereocenters. The van der Waals surface area contributed by atoms with Crippen LogP contribution >= 0.6 is 23.2 Å². The molecule has 1 aromatic heterocycles. The number of hydrogen-bond donors (Lipinski definition) is 3. The summed E-state index contributed by atoms with van der Waals surface area (Å²) in [6, 6.07) is 7.58. The standard InChI is InChI=1S/C26H29Cl2FN4O3/c1-26(2,34)7-8-35-21-12-20-17(11-22(21)36-16-9-14-3-4-15(10-16)32-14)25(31-13-30-20)33-19-6-5-18(27)23(28)24(19)29/h5-6,11-16,32,34H,3-4,7-10H2,1-2H3,(H,30,31,33)/t14-,15+,16-. The van der Waals surface area contributed by atoms with Crippen molar-refractivity contribution >= 4 is 45.6 Å². The van der Waals surface area contributed by atoms with Gasteiger partial charge in [-0.2, -0.15) is 0 Å². The average Bonchev–Trinajstić information content (AvgIpc) is 3.17. The molecule has 0 saturated carbocycles. The molecule has 2 saturated heterocycles. The summed E-state index contributed by atoms with van der Waals surface area (Å²) < 4.78 is 27.3. The fourth-order valence-electron chi connectivity index (χ4n) is 4.81. The summed E-state index contributed by atoms with van der Waals surface area (Å²) >= 11 is 11.9. The van der Waals surface area contributed by atoms with Gasteiger partial charge >= 0.3 is 0 Å². The number of halogens is 3. The van der Waals surface area contributed by atoms with Gasteiger partial charge < -0.3 is 25.2 Å².